The molecule has 0 bridgehead atoms. The first-order valence-corrected chi connectivity index (χ1v) is 6.66. The van der Waals surface area contributed by atoms with Crippen molar-refractivity contribution in [3.8, 4) is 0 Å². The van der Waals surface area contributed by atoms with Crippen LogP contribution < -0.4 is 5.73 Å². The van der Waals surface area contributed by atoms with Crippen molar-refractivity contribution in [2.75, 3.05) is 6.61 Å². The van der Waals surface area contributed by atoms with Crippen LogP contribution >= 0.6 is 0 Å². The lowest BCUT2D eigenvalue weighted by Crippen LogP contribution is -2.21. The van der Waals surface area contributed by atoms with Crippen LogP contribution in [0.2, 0.25) is 0 Å². The van der Waals surface area contributed by atoms with Gasteiger partial charge in [-0.15, -0.1) is 0 Å². The highest BCUT2D eigenvalue weighted by molar-refractivity contribution is 5.83. The summed E-state index contributed by atoms with van der Waals surface area (Å²) in [5.74, 6) is 0. The lowest BCUT2D eigenvalue weighted by molar-refractivity contribution is 0.0908. The summed E-state index contributed by atoms with van der Waals surface area (Å²) in [6, 6.07) is 8.77. The van der Waals surface area contributed by atoms with E-state index >= 15 is 0 Å². The smallest absolute Gasteiger partial charge is 0.122 e. The summed E-state index contributed by atoms with van der Waals surface area (Å²) >= 11 is 0. The zero-order valence-corrected chi connectivity index (χ0v) is 11.2. The van der Waals surface area contributed by atoms with Gasteiger partial charge in [-0.1, -0.05) is 25.1 Å². The molecule has 0 radical (unpaired) electrons. The maximum absolute atomic E-state index is 6.07. The summed E-state index contributed by atoms with van der Waals surface area (Å²) in [7, 11) is 0. The summed E-state index contributed by atoms with van der Waals surface area (Å²) in [5, 5.41) is 1.26. The number of nitrogens with two attached hydrogens (primary N) is 1. The van der Waals surface area contributed by atoms with Gasteiger partial charge < -0.3 is 15.0 Å². The Balaban J connectivity index is 2.35. The Morgan fingerprint density at radius 2 is 2.11 bits per heavy atom. The van der Waals surface area contributed by atoms with Crippen molar-refractivity contribution in [3.63, 3.8) is 0 Å². The van der Waals surface area contributed by atoms with E-state index in [2.05, 4.69) is 42.0 Å². The van der Waals surface area contributed by atoms with E-state index in [4.69, 9.17) is 10.5 Å². The van der Waals surface area contributed by atoms with E-state index in [0.717, 1.165) is 19.4 Å². The van der Waals surface area contributed by atoms with Crippen LogP contribution in [-0.4, -0.2) is 17.2 Å². The predicted molar refractivity (Wildman–Crippen MR) is 75.5 cm³/mol. The first-order chi connectivity index (χ1) is 8.76. The molecule has 0 aliphatic carbocycles. The minimum atomic E-state index is 0.228. The van der Waals surface area contributed by atoms with Crippen molar-refractivity contribution < 1.29 is 4.74 Å². The van der Waals surface area contributed by atoms with Gasteiger partial charge >= 0.3 is 0 Å². The molecule has 1 heterocycles. The fourth-order valence-corrected chi connectivity index (χ4v) is 2.23. The summed E-state index contributed by atoms with van der Waals surface area (Å²) in [5.41, 5.74) is 8.65. The molecule has 1 unspecified atom stereocenters. The number of aromatic nitrogens is 1. The number of ether oxygens (including phenoxy) is 1. The summed E-state index contributed by atoms with van der Waals surface area (Å²) in [6.07, 6.45) is 4.01. The first-order valence-electron chi connectivity index (χ1n) is 6.66. The molecule has 2 aromatic rings. The molecule has 0 spiro atoms. The average molecular weight is 246 g/mol. The molecule has 0 amide bonds. The van der Waals surface area contributed by atoms with Crippen LogP contribution in [0.25, 0.3) is 10.9 Å². The van der Waals surface area contributed by atoms with Crippen LogP contribution in [0.5, 0.6) is 0 Å². The predicted octanol–water partition coefficient (Wildman–Crippen LogP) is 2.92. The van der Waals surface area contributed by atoms with Gasteiger partial charge in [0.15, 0.2) is 0 Å². The molecule has 1 aromatic carbocycles. The third-order valence-corrected chi connectivity index (χ3v) is 3.31. The lowest BCUT2D eigenvalue weighted by Gasteiger charge is -2.13. The monoisotopic (exact) mass is 246 g/mol. The molecular weight excluding hydrogens is 224 g/mol. The van der Waals surface area contributed by atoms with Crippen LogP contribution in [0, 0.1) is 0 Å². The number of benzene rings is 1. The molecular formula is C15H22N2O. The van der Waals surface area contributed by atoms with Gasteiger partial charge in [-0.05, 0) is 36.8 Å². The molecule has 2 rings (SSSR count). The van der Waals surface area contributed by atoms with E-state index in [1.807, 2.05) is 6.92 Å². The van der Waals surface area contributed by atoms with Gasteiger partial charge in [-0.25, -0.2) is 0 Å². The molecule has 3 heteroatoms. The Labute approximate surface area is 109 Å². The molecule has 0 aliphatic heterocycles. The molecule has 3 nitrogen and oxygen atoms in total. The third kappa shape index (κ3) is 2.74. The molecule has 0 saturated carbocycles. The number of para-hydroxylation sites is 1. The van der Waals surface area contributed by atoms with Crippen molar-refractivity contribution in [1.29, 1.82) is 0 Å². The average Bonchev–Trinajstić information content (AvgIpc) is 2.80. The van der Waals surface area contributed by atoms with E-state index < -0.39 is 0 Å². The van der Waals surface area contributed by atoms with Gasteiger partial charge in [-0.3, -0.25) is 0 Å². The zero-order valence-electron chi connectivity index (χ0n) is 11.2. The standard InChI is InChI=1S/C15H22N2O/c1-3-14(16)10-13-7-5-6-12-8-9-17(15(12)13)11-18-4-2/h5-9,14H,3-4,10-11,16H2,1-2H3. The Morgan fingerprint density at radius 1 is 1.28 bits per heavy atom. The van der Waals surface area contributed by atoms with Gasteiger partial charge in [0.25, 0.3) is 0 Å². The molecule has 0 saturated heterocycles. The van der Waals surface area contributed by atoms with E-state index in [1.165, 1.54) is 16.5 Å². The van der Waals surface area contributed by atoms with Gasteiger partial charge in [-0.2, -0.15) is 0 Å². The van der Waals surface area contributed by atoms with Crippen molar-refractivity contribution >= 4 is 10.9 Å². The minimum absolute atomic E-state index is 0.228. The highest BCUT2D eigenvalue weighted by Gasteiger charge is 2.09. The van der Waals surface area contributed by atoms with Crippen LogP contribution in [0.15, 0.2) is 30.5 Å². The SMILES string of the molecule is CCOCn1ccc2cccc(CC(N)CC)c21. The van der Waals surface area contributed by atoms with Crippen molar-refractivity contribution in [2.45, 2.75) is 39.5 Å². The van der Waals surface area contributed by atoms with Gasteiger partial charge in [0.2, 0.25) is 0 Å². The maximum Gasteiger partial charge on any atom is 0.122 e. The van der Waals surface area contributed by atoms with Crippen molar-refractivity contribution in [3.05, 3.63) is 36.0 Å². The molecule has 0 aliphatic rings. The second-order valence-electron chi connectivity index (χ2n) is 4.63. The second kappa shape index (κ2) is 6.03. The molecule has 98 valence electrons. The number of hydrogen-bond donors (Lipinski definition) is 1. The summed E-state index contributed by atoms with van der Waals surface area (Å²) < 4.78 is 7.67. The molecule has 1 aromatic heterocycles. The largest absolute Gasteiger partial charge is 0.361 e. The number of rotatable bonds is 6. The van der Waals surface area contributed by atoms with Gasteiger partial charge in [0.1, 0.15) is 6.73 Å². The van der Waals surface area contributed by atoms with E-state index in [-0.39, 0.29) is 6.04 Å². The summed E-state index contributed by atoms with van der Waals surface area (Å²) in [4.78, 5) is 0. The highest BCUT2D eigenvalue weighted by Crippen LogP contribution is 2.22. The normalized spacial score (nSPS) is 13.1. The second-order valence-corrected chi connectivity index (χ2v) is 4.63. The number of hydrogen-bond acceptors (Lipinski definition) is 2. The van der Waals surface area contributed by atoms with E-state index in [1.54, 1.807) is 0 Å². The Hall–Kier alpha value is -1.32. The molecule has 18 heavy (non-hydrogen) atoms. The number of fused-ring (bicyclic) bond motifs is 1. The van der Waals surface area contributed by atoms with Gasteiger partial charge in [0.05, 0.1) is 5.52 Å². The van der Waals surface area contributed by atoms with Crippen LogP contribution in [0.3, 0.4) is 0 Å². The minimum Gasteiger partial charge on any atom is -0.361 e. The van der Waals surface area contributed by atoms with Crippen molar-refractivity contribution in [2.24, 2.45) is 5.73 Å². The van der Waals surface area contributed by atoms with Crippen LogP contribution in [0.1, 0.15) is 25.8 Å². The molecule has 0 fully saturated rings. The third-order valence-electron chi connectivity index (χ3n) is 3.31. The van der Waals surface area contributed by atoms with Gasteiger partial charge in [0, 0.05) is 18.8 Å². The summed E-state index contributed by atoms with van der Waals surface area (Å²) in [6.45, 7) is 5.48. The Bertz CT molecular complexity index is 504. The zero-order chi connectivity index (χ0) is 13.0. The topological polar surface area (TPSA) is 40.2 Å². The Morgan fingerprint density at radius 3 is 2.83 bits per heavy atom. The van der Waals surface area contributed by atoms with E-state index in [0.29, 0.717) is 6.73 Å². The first kappa shape index (κ1) is 13.1. The van der Waals surface area contributed by atoms with Crippen LogP contribution in [0.4, 0.5) is 0 Å². The lowest BCUT2D eigenvalue weighted by atomic mass is 10.0. The van der Waals surface area contributed by atoms with E-state index in [9.17, 15) is 0 Å². The molecule has 2 N–H and O–H groups in total. The van der Waals surface area contributed by atoms with Crippen molar-refractivity contribution in [1.82, 2.24) is 4.57 Å². The van der Waals surface area contributed by atoms with Crippen LogP contribution in [-0.2, 0) is 17.9 Å². The highest BCUT2D eigenvalue weighted by atomic mass is 16.5. The fraction of sp³-hybridized carbons (Fsp3) is 0.467. The maximum atomic E-state index is 6.07. The number of nitrogens with zero attached hydrogens (tertiary/aromatic N) is 1. The quantitative estimate of drug-likeness (QED) is 0.851. The Kier molecular flexibility index (Phi) is 4.39. The molecule has 1 atom stereocenters. The fourth-order valence-electron chi connectivity index (χ4n) is 2.23.